The Labute approximate surface area is 119 Å². The second-order valence-electron chi connectivity index (χ2n) is 5.48. The third kappa shape index (κ3) is 2.21. The van der Waals surface area contributed by atoms with Gasteiger partial charge in [-0.3, -0.25) is 4.90 Å². The van der Waals surface area contributed by atoms with E-state index in [1.54, 1.807) is 0 Å². The van der Waals surface area contributed by atoms with Crippen molar-refractivity contribution < 1.29 is 5.11 Å². The van der Waals surface area contributed by atoms with Crippen LogP contribution in [0.3, 0.4) is 0 Å². The number of anilines is 1. The molecule has 106 valence electrons. The molecule has 1 aliphatic heterocycles. The number of benzene rings is 1. The first-order chi connectivity index (χ1) is 9.70. The minimum absolute atomic E-state index is 0.160. The highest BCUT2D eigenvalue weighted by Gasteiger charge is 2.24. The quantitative estimate of drug-likeness (QED) is 0.926. The third-order valence-corrected chi connectivity index (χ3v) is 3.84. The molecule has 1 aromatic carbocycles. The number of aromatic nitrogens is 1. The van der Waals surface area contributed by atoms with Gasteiger partial charge in [-0.15, -0.1) is 0 Å². The van der Waals surface area contributed by atoms with Gasteiger partial charge in [-0.25, -0.2) is 0 Å². The monoisotopic (exact) mass is 271 g/mol. The van der Waals surface area contributed by atoms with Crippen molar-refractivity contribution in [1.82, 2.24) is 9.47 Å². The molecular weight excluding hydrogens is 250 g/mol. The van der Waals surface area contributed by atoms with Crippen LogP contribution in [0, 0.1) is 0 Å². The lowest BCUT2D eigenvalue weighted by atomic mass is 10.1. The predicted octanol–water partition coefficient (Wildman–Crippen LogP) is 1.99. The summed E-state index contributed by atoms with van der Waals surface area (Å²) in [7, 11) is 4.25. The summed E-state index contributed by atoms with van der Waals surface area (Å²) in [4.78, 5) is 4.57. The van der Waals surface area contributed by atoms with E-state index in [-0.39, 0.29) is 6.61 Å². The zero-order valence-electron chi connectivity index (χ0n) is 12.1. The zero-order valence-corrected chi connectivity index (χ0v) is 12.1. The van der Waals surface area contributed by atoms with E-state index in [0.717, 1.165) is 13.2 Å². The number of hydrogen-bond acceptors (Lipinski definition) is 3. The van der Waals surface area contributed by atoms with Gasteiger partial charge < -0.3 is 14.6 Å². The van der Waals surface area contributed by atoms with Crippen molar-refractivity contribution in [2.45, 2.75) is 13.1 Å². The molecule has 2 aromatic rings. The fraction of sp³-hybridized carbons (Fsp3) is 0.375. The van der Waals surface area contributed by atoms with Gasteiger partial charge >= 0.3 is 0 Å². The van der Waals surface area contributed by atoms with E-state index in [0.29, 0.717) is 6.54 Å². The van der Waals surface area contributed by atoms with Gasteiger partial charge in [0.05, 0.1) is 24.7 Å². The highest BCUT2D eigenvalue weighted by Crippen LogP contribution is 2.36. The maximum Gasteiger partial charge on any atom is 0.0704 e. The van der Waals surface area contributed by atoms with Crippen LogP contribution in [0.2, 0.25) is 0 Å². The Balaban J connectivity index is 2.16. The van der Waals surface area contributed by atoms with E-state index >= 15 is 0 Å². The van der Waals surface area contributed by atoms with Crippen LogP contribution in [-0.2, 0) is 13.1 Å². The molecule has 2 heterocycles. The summed E-state index contributed by atoms with van der Waals surface area (Å²) in [5.74, 6) is 0. The molecule has 0 aliphatic carbocycles. The molecule has 1 N–H and O–H groups in total. The standard InChI is InChI=1S/C16H21N3O/c1-17-10-14-15(18(2)12-17)11-19(8-9-20)16(14)13-6-4-3-5-7-13/h3-7,11,20H,8-10,12H2,1-2H3. The molecule has 4 heteroatoms. The van der Waals surface area contributed by atoms with Crippen molar-refractivity contribution in [3.63, 3.8) is 0 Å². The number of rotatable bonds is 3. The molecule has 0 atom stereocenters. The second kappa shape index (κ2) is 5.31. The maximum absolute atomic E-state index is 9.33. The van der Waals surface area contributed by atoms with E-state index in [2.05, 4.69) is 58.9 Å². The van der Waals surface area contributed by atoms with Gasteiger partial charge in [0, 0.05) is 31.9 Å². The smallest absolute Gasteiger partial charge is 0.0704 e. The molecule has 1 aliphatic rings. The first-order valence-electron chi connectivity index (χ1n) is 6.98. The molecule has 0 fully saturated rings. The molecule has 0 radical (unpaired) electrons. The summed E-state index contributed by atoms with van der Waals surface area (Å²) in [6.45, 7) is 2.68. The SMILES string of the molecule is CN1Cc2c(cn(CCO)c2-c2ccccc2)N(C)C1. The molecule has 3 rings (SSSR count). The number of nitrogens with zero attached hydrogens (tertiary/aromatic N) is 3. The van der Waals surface area contributed by atoms with Crippen LogP contribution in [0.4, 0.5) is 5.69 Å². The van der Waals surface area contributed by atoms with Gasteiger partial charge in [0.2, 0.25) is 0 Å². The molecule has 20 heavy (non-hydrogen) atoms. The van der Waals surface area contributed by atoms with Gasteiger partial charge in [0.25, 0.3) is 0 Å². The number of fused-ring (bicyclic) bond motifs is 1. The first-order valence-corrected chi connectivity index (χ1v) is 6.98. The van der Waals surface area contributed by atoms with Crippen LogP contribution in [-0.4, -0.2) is 41.9 Å². The Bertz CT molecular complexity index is 591. The minimum Gasteiger partial charge on any atom is -0.395 e. The second-order valence-corrected chi connectivity index (χ2v) is 5.48. The predicted molar refractivity (Wildman–Crippen MR) is 81.7 cm³/mol. The van der Waals surface area contributed by atoms with Crippen LogP contribution in [0.5, 0.6) is 0 Å². The number of aliphatic hydroxyl groups excluding tert-OH is 1. The molecule has 0 saturated carbocycles. The fourth-order valence-electron chi connectivity index (χ4n) is 3.05. The van der Waals surface area contributed by atoms with E-state index in [1.165, 1.54) is 22.5 Å². The van der Waals surface area contributed by atoms with Crippen molar-refractivity contribution in [3.05, 3.63) is 42.1 Å². The van der Waals surface area contributed by atoms with Gasteiger partial charge in [0.1, 0.15) is 0 Å². The lowest BCUT2D eigenvalue weighted by Gasteiger charge is -2.32. The van der Waals surface area contributed by atoms with Crippen molar-refractivity contribution >= 4 is 5.69 Å². The Morgan fingerprint density at radius 1 is 1.15 bits per heavy atom. The fourth-order valence-corrected chi connectivity index (χ4v) is 3.05. The molecule has 0 amide bonds. The van der Waals surface area contributed by atoms with E-state index in [9.17, 15) is 5.11 Å². The lowest BCUT2D eigenvalue weighted by Crippen LogP contribution is -2.37. The van der Waals surface area contributed by atoms with Crippen LogP contribution >= 0.6 is 0 Å². The van der Waals surface area contributed by atoms with Gasteiger partial charge in [0.15, 0.2) is 0 Å². The van der Waals surface area contributed by atoms with Gasteiger partial charge in [-0.1, -0.05) is 30.3 Å². The Morgan fingerprint density at radius 3 is 2.60 bits per heavy atom. The lowest BCUT2D eigenvalue weighted by molar-refractivity contribution is 0.277. The summed E-state index contributed by atoms with van der Waals surface area (Å²) >= 11 is 0. The van der Waals surface area contributed by atoms with Gasteiger partial charge in [-0.2, -0.15) is 0 Å². The molecule has 0 spiro atoms. The van der Waals surface area contributed by atoms with E-state index in [1.807, 2.05) is 6.07 Å². The average molecular weight is 271 g/mol. The molecule has 0 unspecified atom stereocenters. The Hall–Kier alpha value is -1.78. The maximum atomic E-state index is 9.33. The van der Waals surface area contributed by atoms with Gasteiger partial charge in [-0.05, 0) is 12.6 Å². The van der Waals surface area contributed by atoms with Crippen LogP contribution < -0.4 is 4.90 Å². The highest BCUT2D eigenvalue weighted by molar-refractivity contribution is 5.73. The topological polar surface area (TPSA) is 31.6 Å². The molecular formula is C16H21N3O. The van der Waals surface area contributed by atoms with Crippen LogP contribution in [0.25, 0.3) is 11.3 Å². The summed E-state index contributed by atoms with van der Waals surface area (Å²) in [6.07, 6.45) is 2.17. The Kier molecular flexibility index (Phi) is 3.51. The minimum atomic E-state index is 0.160. The third-order valence-electron chi connectivity index (χ3n) is 3.84. The van der Waals surface area contributed by atoms with Crippen molar-refractivity contribution in [2.75, 3.05) is 32.3 Å². The Morgan fingerprint density at radius 2 is 1.90 bits per heavy atom. The molecule has 0 bridgehead atoms. The van der Waals surface area contributed by atoms with Crippen molar-refractivity contribution in [3.8, 4) is 11.3 Å². The highest BCUT2D eigenvalue weighted by atomic mass is 16.3. The summed E-state index contributed by atoms with van der Waals surface area (Å²) in [5.41, 5.74) is 5.07. The van der Waals surface area contributed by atoms with Crippen LogP contribution in [0.1, 0.15) is 5.56 Å². The summed E-state index contributed by atoms with van der Waals surface area (Å²) in [5, 5.41) is 9.33. The first kappa shape index (κ1) is 13.2. The largest absolute Gasteiger partial charge is 0.395 e. The number of hydrogen-bond donors (Lipinski definition) is 1. The molecule has 0 saturated heterocycles. The van der Waals surface area contributed by atoms with Crippen LogP contribution in [0.15, 0.2) is 36.5 Å². The average Bonchev–Trinajstić information content (AvgIpc) is 2.79. The number of aliphatic hydroxyl groups is 1. The molecule has 4 nitrogen and oxygen atoms in total. The normalized spacial score (nSPS) is 15.4. The zero-order chi connectivity index (χ0) is 14.1. The van der Waals surface area contributed by atoms with E-state index < -0.39 is 0 Å². The van der Waals surface area contributed by atoms with Crippen molar-refractivity contribution in [1.29, 1.82) is 0 Å². The molecule has 1 aromatic heterocycles. The summed E-state index contributed by atoms with van der Waals surface area (Å²) < 4.78 is 2.18. The van der Waals surface area contributed by atoms with Crippen molar-refractivity contribution in [2.24, 2.45) is 0 Å². The summed E-state index contributed by atoms with van der Waals surface area (Å²) in [6, 6.07) is 10.4. The van der Waals surface area contributed by atoms with E-state index in [4.69, 9.17) is 0 Å².